The number of aromatic nitrogens is 1. The average Bonchev–Trinajstić information content (AvgIpc) is 2.61. The molecule has 6 nitrogen and oxygen atoms in total. The summed E-state index contributed by atoms with van der Waals surface area (Å²) in [6, 6.07) is 12.5. The Hall–Kier alpha value is -3.48. The monoisotopic (exact) mass is 354 g/mol. The summed E-state index contributed by atoms with van der Waals surface area (Å²) in [6.07, 6.45) is 0. The topological polar surface area (TPSA) is 91.5 Å². The van der Waals surface area contributed by atoms with E-state index in [9.17, 15) is 14.0 Å². The molecule has 3 aromatic rings. The van der Waals surface area contributed by atoms with E-state index in [1.54, 1.807) is 37.3 Å². The second kappa shape index (κ2) is 7.18. The van der Waals surface area contributed by atoms with Crippen LogP contribution in [-0.2, 0) is 4.79 Å². The van der Waals surface area contributed by atoms with E-state index < -0.39 is 24.3 Å². The standard InChI is InChI=1S/C19H15FN2O4/c1-11-7-15-13(8-14(11)20)17(9-16(22-15)19(21)24)25-10-18(23)26-12-5-3-2-4-6-12/h2-9H,10H2,1H3,(H2,21,24). The molecule has 0 aliphatic rings. The third-order valence-electron chi connectivity index (χ3n) is 3.62. The van der Waals surface area contributed by atoms with Crippen molar-refractivity contribution in [2.24, 2.45) is 5.73 Å². The SMILES string of the molecule is Cc1cc2nc(C(N)=O)cc(OCC(=O)Oc3ccccc3)c2cc1F. The molecule has 0 spiro atoms. The van der Waals surface area contributed by atoms with Gasteiger partial charge in [0.25, 0.3) is 5.91 Å². The molecule has 0 atom stereocenters. The molecule has 0 radical (unpaired) electrons. The Morgan fingerprint density at radius 3 is 2.58 bits per heavy atom. The van der Waals surface area contributed by atoms with Crippen molar-refractivity contribution in [2.45, 2.75) is 6.92 Å². The predicted molar refractivity (Wildman–Crippen MR) is 92.5 cm³/mol. The zero-order valence-corrected chi connectivity index (χ0v) is 13.9. The van der Waals surface area contributed by atoms with Crippen LogP contribution in [0.5, 0.6) is 11.5 Å². The quantitative estimate of drug-likeness (QED) is 0.562. The molecule has 2 N–H and O–H groups in total. The number of carbonyl (C=O) groups excluding carboxylic acids is 2. The van der Waals surface area contributed by atoms with Crippen LogP contribution in [0.15, 0.2) is 48.5 Å². The summed E-state index contributed by atoms with van der Waals surface area (Å²) in [4.78, 5) is 27.5. The van der Waals surface area contributed by atoms with Gasteiger partial charge in [-0.1, -0.05) is 18.2 Å². The van der Waals surface area contributed by atoms with Gasteiger partial charge in [-0.05, 0) is 36.8 Å². The Kier molecular flexibility index (Phi) is 4.79. The number of amides is 1. The highest BCUT2D eigenvalue weighted by atomic mass is 19.1. The lowest BCUT2D eigenvalue weighted by Gasteiger charge is -2.11. The van der Waals surface area contributed by atoms with Crippen LogP contribution in [0.3, 0.4) is 0 Å². The highest BCUT2D eigenvalue weighted by Crippen LogP contribution is 2.28. The van der Waals surface area contributed by atoms with E-state index in [1.165, 1.54) is 18.2 Å². The Bertz CT molecular complexity index is 990. The van der Waals surface area contributed by atoms with Gasteiger partial charge in [-0.2, -0.15) is 0 Å². The van der Waals surface area contributed by atoms with Crippen LogP contribution in [0.1, 0.15) is 16.1 Å². The molecule has 0 unspecified atom stereocenters. The first-order valence-electron chi connectivity index (χ1n) is 7.73. The average molecular weight is 354 g/mol. The van der Waals surface area contributed by atoms with Crippen molar-refractivity contribution >= 4 is 22.8 Å². The number of ether oxygens (including phenoxy) is 2. The molecule has 0 aliphatic heterocycles. The maximum atomic E-state index is 13.9. The number of benzene rings is 2. The number of pyridine rings is 1. The molecule has 2 aromatic carbocycles. The second-order valence-corrected chi connectivity index (χ2v) is 5.56. The maximum Gasteiger partial charge on any atom is 0.349 e. The number of para-hydroxylation sites is 1. The number of fused-ring (bicyclic) bond motifs is 1. The molecule has 1 aromatic heterocycles. The number of hydrogen-bond acceptors (Lipinski definition) is 5. The van der Waals surface area contributed by atoms with Crippen LogP contribution < -0.4 is 15.2 Å². The number of primary amides is 1. The Morgan fingerprint density at radius 2 is 1.88 bits per heavy atom. The lowest BCUT2D eigenvalue weighted by molar-refractivity contribution is -0.136. The molecule has 0 aliphatic carbocycles. The Morgan fingerprint density at radius 1 is 1.15 bits per heavy atom. The molecule has 1 heterocycles. The number of hydrogen-bond donors (Lipinski definition) is 1. The summed E-state index contributed by atoms with van der Waals surface area (Å²) in [6.45, 7) is 1.15. The summed E-state index contributed by atoms with van der Waals surface area (Å²) in [5.41, 5.74) is 5.93. The van der Waals surface area contributed by atoms with Gasteiger partial charge in [0.05, 0.1) is 5.52 Å². The van der Waals surface area contributed by atoms with E-state index >= 15 is 0 Å². The van der Waals surface area contributed by atoms with E-state index in [0.29, 0.717) is 22.2 Å². The number of nitrogens with two attached hydrogens (primary N) is 1. The van der Waals surface area contributed by atoms with Crippen LogP contribution in [0.4, 0.5) is 4.39 Å². The van der Waals surface area contributed by atoms with E-state index in [0.717, 1.165) is 0 Å². The van der Waals surface area contributed by atoms with Gasteiger partial charge in [-0.25, -0.2) is 14.2 Å². The maximum absolute atomic E-state index is 13.9. The van der Waals surface area contributed by atoms with Crippen molar-refractivity contribution in [1.82, 2.24) is 4.98 Å². The number of nitrogens with zero attached hydrogens (tertiary/aromatic N) is 1. The normalized spacial score (nSPS) is 10.5. The molecule has 0 fully saturated rings. The van der Waals surface area contributed by atoms with Crippen molar-refractivity contribution in [3.8, 4) is 11.5 Å². The summed E-state index contributed by atoms with van der Waals surface area (Å²) < 4.78 is 24.5. The fourth-order valence-corrected chi connectivity index (χ4v) is 2.35. The molecule has 3 rings (SSSR count). The number of carbonyl (C=O) groups is 2. The molecule has 0 bridgehead atoms. The molecule has 0 saturated heterocycles. The zero-order valence-electron chi connectivity index (χ0n) is 13.9. The van der Waals surface area contributed by atoms with Gasteiger partial charge in [0.15, 0.2) is 6.61 Å². The number of halogens is 1. The smallest absolute Gasteiger partial charge is 0.349 e. The first-order chi connectivity index (χ1) is 12.4. The van der Waals surface area contributed by atoms with Crippen molar-refractivity contribution in [2.75, 3.05) is 6.61 Å². The lowest BCUT2D eigenvalue weighted by Crippen LogP contribution is -2.18. The fourth-order valence-electron chi connectivity index (χ4n) is 2.35. The van der Waals surface area contributed by atoms with Crippen molar-refractivity contribution < 1.29 is 23.5 Å². The van der Waals surface area contributed by atoms with Crippen LogP contribution in [0.25, 0.3) is 10.9 Å². The van der Waals surface area contributed by atoms with Gasteiger partial charge in [-0.15, -0.1) is 0 Å². The molecular weight excluding hydrogens is 339 g/mol. The minimum atomic E-state index is -0.759. The van der Waals surface area contributed by atoms with Crippen LogP contribution in [0.2, 0.25) is 0 Å². The molecule has 132 valence electrons. The van der Waals surface area contributed by atoms with Gasteiger partial charge >= 0.3 is 5.97 Å². The number of aryl methyl sites for hydroxylation is 1. The third kappa shape index (κ3) is 3.77. The first kappa shape index (κ1) is 17.3. The number of rotatable bonds is 5. The fraction of sp³-hybridized carbons (Fsp3) is 0.105. The van der Waals surface area contributed by atoms with Crippen molar-refractivity contribution in [1.29, 1.82) is 0 Å². The molecule has 7 heteroatoms. The Balaban J connectivity index is 1.87. The van der Waals surface area contributed by atoms with Crippen LogP contribution in [-0.4, -0.2) is 23.5 Å². The van der Waals surface area contributed by atoms with Gasteiger partial charge < -0.3 is 15.2 Å². The minimum Gasteiger partial charge on any atom is -0.481 e. The first-order valence-corrected chi connectivity index (χ1v) is 7.73. The molecule has 1 amide bonds. The lowest BCUT2D eigenvalue weighted by atomic mass is 10.1. The van der Waals surface area contributed by atoms with Gasteiger partial charge in [-0.3, -0.25) is 4.79 Å². The highest BCUT2D eigenvalue weighted by Gasteiger charge is 2.15. The van der Waals surface area contributed by atoms with Gasteiger partial charge in [0, 0.05) is 11.5 Å². The molecule has 0 saturated carbocycles. The third-order valence-corrected chi connectivity index (χ3v) is 3.62. The van der Waals surface area contributed by atoms with Gasteiger partial charge in [0.1, 0.15) is 23.0 Å². The minimum absolute atomic E-state index is 0.0464. The van der Waals surface area contributed by atoms with E-state index in [4.69, 9.17) is 15.2 Å². The highest BCUT2D eigenvalue weighted by molar-refractivity contribution is 5.96. The van der Waals surface area contributed by atoms with Crippen molar-refractivity contribution in [3.63, 3.8) is 0 Å². The molecule has 26 heavy (non-hydrogen) atoms. The summed E-state index contributed by atoms with van der Waals surface area (Å²) in [5.74, 6) is -1.37. The summed E-state index contributed by atoms with van der Waals surface area (Å²) >= 11 is 0. The van der Waals surface area contributed by atoms with E-state index in [1.807, 2.05) is 0 Å². The molecular formula is C19H15FN2O4. The van der Waals surface area contributed by atoms with Gasteiger partial charge in [0.2, 0.25) is 0 Å². The van der Waals surface area contributed by atoms with E-state index in [2.05, 4.69) is 4.98 Å². The number of esters is 1. The predicted octanol–water partition coefficient (Wildman–Crippen LogP) is 2.77. The Labute approximate surface area is 148 Å². The second-order valence-electron chi connectivity index (χ2n) is 5.56. The largest absolute Gasteiger partial charge is 0.481 e. The summed E-state index contributed by atoms with van der Waals surface area (Å²) in [7, 11) is 0. The summed E-state index contributed by atoms with van der Waals surface area (Å²) in [5, 5.41) is 0.325. The van der Waals surface area contributed by atoms with Crippen molar-refractivity contribution in [3.05, 3.63) is 65.6 Å². The zero-order chi connectivity index (χ0) is 18.7. The van der Waals surface area contributed by atoms with E-state index in [-0.39, 0.29) is 11.4 Å². The van der Waals surface area contributed by atoms with Crippen LogP contribution >= 0.6 is 0 Å². The van der Waals surface area contributed by atoms with Crippen LogP contribution in [0, 0.1) is 12.7 Å².